The lowest BCUT2D eigenvalue weighted by Gasteiger charge is -2.01. The van der Waals surface area contributed by atoms with Crippen LogP contribution in [-0.2, 0) is 6.42 Å². The number of unbranched alkanes of at least 4 members (excludes halogenated alkanes) is 2. The molecule has 0 amide bonds. The second-order valence-electron chi connectivity index (χ2n) is 3.73. The highest BCUT2D eigenvalue weighted by Crippen LogP contribution is 2.15. The molecule has 0 aliphatic rings. The highest BCUT2D eigenvalue weighted by Gasteiger charge is 2.03. The molecule has 3 nitrogen and oxygen atoms in total. The van der Waals surface area contributed by atoms with Gasteiger partial charge < -0.3 is 9.97 Å². The van der Waals surface area contributed by atoms with Crippen LogP contribution in [0.2, 0.25) is 0 Å². The Hall–Kier alpha value is -1.51. The normalized spacial score (nSPS) is 11.0. The molecular formula is C12H15N2O. The van der Waals surface area contributed by atoms with Crippen LogP contribution >= 0.6 is 0 Å². The molecule has 15 heavy (non-hydrogen) atoms. The third-order valence-corrected chi connectivity index (χ3v) is 2.58. The van der Waals surface area contributed by atoms with E-state index < -0.39 is 0 Å². The first-order chi connectivity index (χ1) is 7.31. The molecule has 2 N–H and O–H groups in total. The van der Waals surface area contributed by atoms with Gasteiger partial charge in [0.1, 0.15) is 0 Å². The van der Waals surface area contributed by atoms with Gasteiger partial charge in [0.05, 0.1) is 11.0 Å². The Morgan fingerprint density at radius 3 is 2.87 bits per heavy atom. The lowest BCUT2D eigenvalue weighted by molar-refractivity contribution is 0.748. The first-order valence-corrected chi connectivity index (χ1v) is 5.30. The number of hydrogen-bond acceptors (Lipinski definition) is 1. The predicted octanol–water partition coefficient (Wildman–Crippen LogP) is 2.40. The van der Waals surface area contributed by atoms with Crippen LogP contribution in [0.5, 0.6) is 0 Å². The molecule has 1 radical (unpaired) electrons. The van der Waals surface area contributed by atoms with Crippen molar-refractivity contribution < 1.29 is 0 Å². The highest BCUT2D eigenvalue weighted by molar-refractivity contribution is 5.78. The molecule has 0 unspecified atom stereocenters. The van der Waals surface area contributed by atoms with E-state index in [2.05, 4.69) is 23.0 Å². The molecule has 2 rings (SSSR count). The fourth-order valence-electron chi connectivity index (χ4n) is 1.82. The van der Waals surface area contributed by atoms with Crippen LogP contribution in [0.15, 0.2) is 23.0 Å². The number of aromatic amines is 2. The Bertz CT molecular complexity index is 496. The van der Waals surface area contributed by atoms with Gasteiger partial charge in [-0.1, -0.05) is 31.9 Å². The fourth-order valence-corrected chi connectivity index (χ4v) is 1.82. The van der Waals surface area contributed by atoms with E-state index in [9.17, 15) is 4.79 Å². The number of fused-ring (bicyclic) bond motifs is 1. The minimum absolute atomic E-state index is 0.130. The van der Waals surface area contributed by atoms with Gasteiger partial charge in [0.2, 0.25) is 0 Å². The molecule has 1 heterocycles. The number of aryl methyl sites for hydroxylation is 1. The maximum Gasteiger partial charge on any atom is 0.323 e. The minimum Gasteiger partial charge on any atom is -0.306 e. The summed E-state index contributed by atoms with van der Waals surface area (Å²) < 4.78 is 0. The predicted molar refractivity (Wildman–Crippen MR) is 61.8 cm³/mol. The number of H-pyrrole nitrogens is 2. The SMILES string of the molecule is [CH2]CCCCc1cccc2[nH]c(=O)[nH]c12. The third-order valence-electron chi connectivity index (χ3n) is 2.58. The number of imidazole rings is 1. The van der Waals surface area contributed by atoms with E-state index in [1.54, 1.807) is 0 Å². The molecule has 79 valence electrons. The lowest BCUT2D eigenvalue weighted by Crippen LogP contribution is -1.99. The van der Waals surface area contributed by atoms with E-state index in [1.807, 2.05) is 12.1 Å². The molecular weight excluding hydrogens is 188 g/mol. The van der Waals surface area contributed by atoms with Gasteiger partial charge in [-0.05, 0) is 24.5 Å². The molecule has 0 bridgehead atoms. The van der Waals surface area contributed by atoms with Crippen LogP contribution in [0, 0.1) is 6.92 Å². The average Bonchev–Trinajstić information content (AvgIpc) is 2.59. The summed E-state index contributed by atoms with van der Waals surface area (Å²) in [6.45, 7) is 3.82. The number of hydrogen-bond donors (Lipinski definition) is 2. The average molecular weight is 203 g/mol. The van der Waals surface area contributed by atoms with Crippen molar-refractivity contribution in [2.45, 2.75) is 25.7 Å². The highest BCUT2D eigenvalue weighted by atomic mass is 16.1. The largest absolute Gasteiger partial charge is 0.323 e. The number of rotatable bonds is 4. The van der Waals surface area contributed by atoms with Gasteiger partial charge in [-0.15, -0.1) is 0 Å². The Morgan fingerprint density at radius 1 is 1.20 bits per heavy atom. The summed E-state index contributed by atoms with van der Waals surface area (Å²) in [5.74, 6) is 0. The Balaban J connectivity index is 2.29. The molecule has 0 saturated carbocycles. The van der Waals surface area contributed by atoms with Crippen molar-refractivity contribution >= 4 is 11.0 Å². The van der Waals surface area contributed by atoms with E-state index >= 15 is 0 Å². The molecule has 0 aliphatic carbocycles. The van der Waals surface area contributed by atoms with Crippen molar-refractivity contribution in [1.82, 2.24) is 9.97 Å². The van der Waals surface area contributed by atoms with Gasteiger partial charge >= 0.3 is 5.69 Å². The molecule has 1 aromatic carbocycles. The lowest BCUT2D eigenvalue weighted by atomic mass is 10.1. The maximum atomic E-state index is 11.1. The summed E-state index contributed by atoms with van der Waals surface area (Å²) >= 11 is 0. The second-order valence-corrected chi connectivity index (χ2v) is 3.73. The van der Waals surface area contributed by atoms with Crippen molar-refractivity contribution in [2.75, 3.05) is 0 Å². The van der Waals surface area contributed by atoms with Crippen LogP contribution < -0.4 is 5.69 Å². The number of aromatic nitrogens is 2. The number of benzene rings is 1. The molecule has 0 saturated heterocycles. The molecule has 0 aliphatic heterocycles. The number of nitrogens with one attached hydrogen (secondary N) is 2. The van der Waals surface area contributed by atoms with E-state index in [-0.39, 0.29) is 5.69 Å². The topological polar surface area (TPSA) is 48.6 Å². The van der Waals surface area contributed by atoms with Crippen LogP contribution in [0.1, 0.15) is 24.8 Å². The van der Waals surface area contributed by atoms with E-state index in [1.165, 1.54) is 5.56 Å². The van der Waals surface area contributed by atoms with Crippen LogP contribution in [0.3, 0.4) is 0 Å². The number of para-hydroxylation sites is 1. The molecule has 3 heteroatoms. The summed E-state index contributed by atoms with van der Waals surface area (Å²) in [6, 6.07) is 5.96. The van der Waals surface area contributed by atoms with Crippen LogP contribution in [-0.4, -0.2) is 9.97 Å². The molecule has 2 aromatic rings. The summed E-state index contributed by atoms with van der Waals surface area (Å²) in [4.78, 5) is 16.7. The van der Waals surface area contributed by atoms with Gasteiger partial charge in [0.15, 0.2) is 0 Å². The van der Waals surface area contributed by atoms with Gasteiger partial charge in [-0.2, -0.15) is 0 Å². The zero-order valence-corrected chi connectivity index (χ0v) is 8.68. The summed E-state index contributed by atoms with van der Waals surface area (Å²) in [5.41, 5.74) is 2.92. The Kier molecular flexibility index (Phi) is 2.90. The van der Waals surface area contributed by atoms with E-state index in [0.717, 1.165) is 36.7 Å². The van der Waals surface area contributed by atoms with Crippen molar-refractivity contribution in [3.8, 4) is 0 Å². The van der Waals surface area contributed by atoms with Crippen molar-refractivity contribution in [3.05, 3.63) is 41.2 Å². The van der Waals surface area contributed by atoms with Gasteiger partial charge in [-0.3, -0.25) is 0 Å². The maximum absolute atomic E-state index is 11.1. The zero-order valence-electron chi connectivity index (χ0n) is 8.68. The Labute approximate surface area is 88.5 Å². The monoisotopic (exact) mass is 203 g/mol. The zero-order chi connectivity index (χ0) is 10.7. The third kappa shape index (κ3) is 2.12. The molecule has 0 atom stereocenters. The summed E-state index contributed by atoms with van der Waals surface area (Å²) in [5, 5.41) is 0. The molecule has 0 fully saturated rings. The van der Waals surface area contributed by atoms with Crippen LogP contribution in [0.25, 0.3) is 11.0 Å². The van der Waals surface area contributed by atoms with Crippen LogP contribution in [0.4, 0.5) is 0 Å². The molecule has 0 spiro atoms. The van der Waals surface area contributed by atoms with E-state index in [4.69, 9.17) is 0 Å². The van der Waals surface area contributed by atoms with Gasteiger partial charge in [0, 0.05) is 0 Å². The molecule has 1 aromatic heterocycles. The summed E-state index contributed by atoms with van der Waals surface area (Å²) in [7, 11) is 0. The first-order valence-electron chi connectivity index (χ1n) is 5.30. The van der Waals surface area contributed by atoms with E-state index in [0.29, 0.717) is 0 Å². The quantitative estimate of drug-likeness (QED) is 0.736. The second kappa shape index (κ2) is 4.34. The smallest absolute Gasteiger partial charge is 0.306 e. The van der Waals surface area contributed by atoms with Gasteiger partial charge in [0.25, 0.3) is 0 Å². The fraction of sp³-hybridized carbons (Fsp3) is 0.333. The van der Waals surface area contributed by atoms with Crippen molar-refractivity contribution in [2.24, 2.45) is 0 Å². The Morgan fingerprint density at radius 2 is 2.07 bits per heavy atom. The van der Waals surface area contributed by atoms with Crippen molar-refractivity contribution in [3.63, 3.8) is 0 Å². The standard InChI is InChI=1S/C12H15N2O/c1-2-3-4-6-9-7-5-8-10-11(9)14-12(15)13-10/h5,7-8H,1-4,6H2,(H2,13,14,15). The first kappa shape index (κ1) is 10.0. The minimum atomic E-state index is -0.130. The summed E-state index contributed by atoms with van der Waals surface area (Å²) in [6.07, 6.45) is 4.22. The van der Waals surface area contributed by atoms with Crippen molar-refractivity contribution in [1.29, 1.82) is 0 Å². The van der Waals surface area contributed by atoms with Gasteiger partial charge in [-0.25, -0.2) is 4.79 Å².